The molecule has 0 aliphatic carbocycles. The molecule has 0 radical (unpaired) electrons. The van der Waals surface area contributed by atoms with Crippen molar-refractivity contribution in [3.05, 3.63) is 29.1 Å². The van der Waals surface area contributed by atoms with E-state index in [-0.39, 0.29) is 10.2 Å². The van der Waals surface area contributed by atoms with Crippen molar-refractivity contribution in [1.29, 1.82) is 0 Å². The molecule has 106 valence electrons. The maximum Gasteiger partial charge on any atom is 0.326 e. The number of thiocarbonyl (C=S) groups is 1. The third kappa shape index (κ3) is 2.94. The van der Waals surface area contributed by atoms with Crippen molar-refractivity contribution in [3.63, 3.8) is 0 Å². The normalized spacial score (nSPS) is 18.9. The Balaban J connectivity index is 2.26. The Morgan fingerprint density at radius 1 is 1.65 bits per heavy atom. The number of furan rings is 1. The first-order valence-corrected chi connectivity index (χ1v) is 7.30. The number of rotatable bonds is 5. The van der Waals surface area contributed by atoms with Crippen molar-refractivity contribution in [3.8, 4) is 0 Å². The molecule has 1 N–H and O–H groups in total. The number of thioether (sulfide) groups is 1. The maximum atomic E-state index is 12.3. The number of carboxylic acids is 1. The van der Waals surface area contributed by atoms with Gasteiger partial charge in [-0.3, -0.25) is 9.69 Å². The number of amides is 1. The predicted molar refractivity (Wildman–Crippen MR) is 80.1 cm³/mol. The van der Waals surface area contributed by atoms with Crippen LogP contribution in [0.3, 0.4) is 0 Å². The first kappa shape index (κ1) is 14.8. The molecule has 1 fully saturated rings. The second-order valence-corrected chi connectivity index (χ2v) is 5.89. The van der Waals surface area contributed by atoms with Gasteiger partial charge in [-0.05, 0) is 18.6 Å². The molecule has 1 aliphatic heterocycles. The van der Waals surface area contributed by atoms with Gasteiger partial charge in [0.2, 0.25) is 0 Å². The van der Waals surface area contributed by atoms with E-state index in [1.165, 1.54) is 11.2 Å². The summed E-state index contributed by atoms with van der Waals surface area (Å²) < 4.78 is 5.42. The minimum Gasteiger partial charge on any atom is -0.480 e. The summed E-state index contributed by atoms with van der Waals surface area (Å²) in [6.07, 6.45) is 4.11. The van der Waals surface area contributed by atoms with Crippen LogP contribution < -0.4 is 0 Å². The van der Waals surface area contributed by atoms with E-state index in [0.717, 1.165) is 11.8 Å². The Labute approximate surface area is 125 Å². The molecule has 0 saturated carbocycles. The van der Waals surface area contributed by atoms with Crippen LogP contribution in [0.5, 0.6) is 0 Å². The number of carboxylic acid groups (broad SMARTS) is 1. The number of carbonyl (C=O) groups is 2. The monoisotopic (exact) mass is 311 g/mol. The van der Waals surface area contributed by atoms with Gasteiger partial charge in [0.15, 0.2) is 0 Å². The molecule has 1 aromatic rings. The summed E-state index contributed by atoms with van der Waals surface area (Å²) in [6, 6.07) is 2.52. The van der Waals surface area contributed by atoms with Crippen molar-refractivity contribution >= 4 is 46.3 Å². The summed E-state index contributed by atoms with van der Waals surface area (Å²) in [7, 11) is 0. The smallest absolute Gasteiger partial charge is 0.326 e. The minimum atomic E-state index is -1.04. The van der Waals surface area contributed by atoms with E-state index in [4.69, 9.17) is 16.6 Å². The second-order valence-electron chi connectivity index (χ2n) is 4.21. The fraction of sp³-hybridized carbons (Fsp3) is 0.308. The lowest BCUT2D eigenvalue weighted by atomic mass is 10.1. The van der Waals surface area contributed by atoms with Gasteiger partial charge in [0.25, 0.3) is 5.91 Å². The lowest BCUT2D eigenvalue weighted by Gasteiger charge is -2.22. The Hall–Kier alpha value is -1.60. The molecule has 1 aliphatic rings. The van der Waals surface area contributed by atoms with Crippen molar-refractivity contribution in [1.82, 2.24) is 4.90 Å². The molecular weight excluding hydrogens is 298 g/mol. The maximum absolute atomic E-state index is 12.3. The average molecular weight is 311 g/mol. The van der Waals surface area contributed by atoms with Gasteiger partial charge in [-0.15, -0.1) is 0 Å². The lowest BCUT2D eigenvalue weighted by Crippen LogP contribution is -2.43. The number of hydrogen-bond acceptors (Lipinski definition) is 5. The third-order valence-corrected chi connectivity index (χ3v) is 4.13. The van der Waals surface area contributed by atoms with Crippen molar-refractivity contribution in [2.45, 2.75) is 25.8 Å². The largest absolute Gasteiger partial charge is 0.480 e. The molecule has 0 spiro atoms. The number of carbonyl (C=O) groups excluding carboxylic acids is 1. The van der Waals surface area contributed by atoms with E-state index in [9.17, 15) is 14.7 Å². The van der Waals surface area contributed by atoms with Crippen molar-refractivity contribution < 1.29 is 19.1 Å². The lowest BCUT2D eigenvalue weighted by molar-refractivity contribution is -0.145. The molecule has 2 heterocycles. The summed E-state index contributed by atoms with van der Waals surface area (Å²) in [5, 5.41) is 9.24. The first-order valence-electron chi connectivity index (χ1n) is 6.08. The highest BCUT2D eigenvalue weighted by atomic mass is 32.2. The Morgan fingerprint density at radius 2 is 2.40 bits per heavy atom. The van der Waals surface area contributed by atoms with Gasteiger partial charge < -0.3 is 9.52 Å². The van der Waals surface area contributed by atoms with E-state index in [2.05, 4.69) is 0 Å². The fourth-order valence-corrected chi connectivity index (χ4v) is 3.22. The highest BCUT2D eigenvalue weighted by Crippen LogP contribution is 2.34. The van der Waals surface area contributed by atoms with Crippen molar-refractivity contribution in [2.75, 3.05) is 0 Å². The number of hydrogen-bond donors (Lipinski definition) is 1. The molecule has 1 saturated heterocycles. The standard InChI is InChI=1S/C13H13NO4S2/c1-2-4-9(12(16)17)14-11(15)10(20-13(14)19)7-8-5-3-6-18-8/h3,5-7,9H,2,4H2,1H3,(H,16,17)/b10-7+/t9-/m0/s1. The summed E-state index contributed by atoms with van der Waals surface area (Å²) in [4.78, 5) is 25.2. The van der Waals surface area contributed by atoms with Gasteiger partial charge >= 0.3 is 5.97 Å². The summed E-state index contributed by atoms with van der Waals surface area (Å²) in [6.45, 7) is 1.87. The second kappa shape index (κ2) is 6.23. The van der Waals surface area contributed by atoms with Gasteiger partial charge in [-0.1, -0.05) is 37.3 Å². The van der Waals surface area contributed by atoms with Crippen LogP contribution in [0.1, 0.15) is 25.5 Å². The molecule has 0 aromatic carbocycles. The van der Waals surface area contributed by atoms with Gasteiger partial charge in [0.1, 0.15) is 16.1 Å². The van der Waals surface area contributed by atoms with E-state index in [1.54, 1.807) is 18.2 Å². The van der Waals surface area contributed by atoms with Crippen LogP contribution in [0.25, 0.3) is 6.08 Å². The zero-order valence-electron chi connectivity index (χ0n) is 10.7. The molecule has 7 heteroatoms. The Bertz CT molecular complexity index is 565. The zero-order chi connectivity index (χ0) is 14.7. The summed E-state index contributed by atoms with van der Waals surface area (Å²) >= 11 is 6.23. The SMILES string of the molecule is CCC[C@@H](C(=O)O)N1C(=O)/C(=C\c2ccco2)SC1=S. The molecule has 0 bridgehead atoms. The van der Waals surface area contributed by atoms with Crippen LogP contribution >= 0.6 is 24.0 Å². The van der Waals surface area contributed by atoms with Crippen LogP contribution in [-0.4, -0.2) is 32.2 Å². The number of aliphatic carboxylic acids is 1. The highest BCUT2D eigenvalue weighted by molar-refractivity contribution is 8.26. The van der Waals surface area contributed by atoms with Crippen LogP contribution in [-0.2, 0) is 9.59 Å². The molecule has 1 aromatic heterocycles. The van der Waals surface area contributed by atoms with Crippen LogP contribution in [0.15, 0.2) is 27.7 Å². The van der Waals surface area contributed by atoms with Gasteiger partial charge in [0, 0.05) is 6.08 Å². The average Bonchev–Trinajstić information content (AvgIpc) is 2.98. The van der Waals surface area contributed by atoms with Crippen molar-refractivity contribution in [2.24, 2.45) is 0 Å². The summed E-state index contributed by atoms with van der Waals surface area (Å²) in [5.74, 6) is -0.882. The first-order chi connectivity index (χ1) is 9.54. The molecule has 1 atom stereocenters. The third-order valence-electron chi connectivity index (χ3n) is 2.80. The Morgan fingerprint density at radius 3 is 2.95 bits per heavy atom. The topological polar surface area (TPSA) is 70.8 Å². The van der Waals surface area contributed by atoms with E-state index in [1.807, 2.05) is 6.92 Å². The van der Waals surface area contributed by atoms with Crippen LogP contribution in [0, 0.1) is 0 Å². The fourth-order valence-electron chi connectivity index (χ4n) is 1.89. The van der Waals surface area contributed by atoms with E-state index >= 15 is 0 Å². The molecular formula is C13H13NO4S2. The van der Waals surface area contributed by atoms with Crippen LogP contribution in [0.4, 0.5) is 0 Å². The zero-order valence-corrected chi connectivity index (χ0v) is 12.4. The molecule has 0 unspecified atom stereocenters. The highest BCUT2D eigenvalue weighted by Gasteiger charge is 2.40. The summed E-state index contributed by atoms with van der Waals surface area (Å²) in [5.41, 5.74) is 0. The number of nitrogens with zero attached hydrogens (tertiary/aromatic N) is 1. The van der Waals surface area contributed by atoms with E-state index in [0.29, 0.717) is 23.5 Å². The van der Waals surface area contributed by atoms with Gasteiger partial charge in [-0.25, -0.2) is 4.79 Å². The molecule has 5 nitrogen and oxygen atoms in total. The quantitative estimate of drug-likeness (QED) is 0.666. The molecule has 1 amide bonds. The minimum absolute atomic E-state index is 0.272. The van der Waals surface area contributed by atoms with Gasteiger partial charge in [0.05, 0.1) is 11.2 Å². The molecule has 2 rings (SSSR count). The van der Waals surface area contributed by atoms with E-state index < -0.39 is 12.0 Å². The molecule has 20 heavy (non-hydrogen) atoms. The van der Waals surface area contributed by atoms with Gasteiger partial charge in [-0.2, -0.15) is 0 Å². The van der Waals surface area contributed by atoms with Crippen LogP contribution in [0.2, 0.25) is 0 Å². The Kier molecular flexibility index (Phi) is 4.61. The predicted octanol–water partition coefficient (Wildman–Crippen LogP) is 2.73.